The maximum absolute atomic E-state index is 12.9. The van der Waals surface area contributed by atoms with Crippen LogP contribution in [0, 0.1) is 13.8 Å². The third-order valence-corrected chi connectivity index (χ3v) is 6.18. The average molecular weight is 405 g/mol. The Balaban J connectivity index is 1.92. The number of sulfonamides is 1. The molecule has 1 aromatic heterocycles. The number of aromatic amines is 1. The first kappa shape index (κ1) is 20.1. The van der Waals surface area contributed by atoms with Crippen LogP contribution in [0.1, 0.15) is 29.7 Å². The van der Waals surface area contributed by atoms with Crippen molar-refractivity contribution in [2.45, 2.75) is 38.1 Å². The predicted octanol–water partition coefficient (Wildman–Crippen LogP) is 1.61. The number of hydrogen-bond donors (Lipinski definition) is 2. The lowest BCUT2D eigenvalue weighted by atomic mass is 10.1. The highest BCUT2D eigenvalue weighted by molar-refractivity contribution is 7.89. The van der Waals surface area contributed by atoms with Crippen molar-refractivity contribution in [2.24, 2.45) is 0 Å². The third kappa shape index (κ3) is 3.95. The van der Waals surface area contributed by atoms with Crippen LogP contribution in [0.15, 0.2) is 34.0 Å². The molecule has 1 saturated heterocycles. The smallest absolute Gasteiger partial charge is 0.252 e. The van der Waals surface area contributed by atoms with Crippen molar-refractivity contribution >= 4 is 21.6 Å². The van der Waals surface area contributed by atoms with E-state index >= 15 is 0 Å². The minimum absolute atomic E-state index is 0.0386. The molecule has 0 bridgehead atoms. The van der Waals surface area contributed by atoms with Gasteiger partial charge in [0.2, 0.25) is 15.9 Å². The van der Waals surface area contributed by atoms with Crippen molar-refractivity contribution in [3.63, 3.8) is 0 Å². The maximum Gasteiger partial charge on any atom is 0.252 e. The molecule has 1 fully saturated rings. The molecule has 0 unspecified atom stereocenters. The Hall–Kier alpha value is -2.65. The molecule has 0 atom stereocenters. The number of ether oxygens (including phenoxy) is 1. The van der Waals surface area contributed by atoms with E-state index in [1.165, 1.54) is 19.2 Å². The maximum atomic E-state index is 12.9. The second kappa shape index (κ2) is 7.76. The first-order chi connectivity index (χ1) is 13.2. The first-order valence-electron chi connectivity index (χ1n) is 8.90. The summed E-state index contributed by atoms with van der Waals surface area (Å²) in [6.45, 7) is 3.92. The number of H-pyrrole nitrogens is 1. The van der Waals surface area contributed by atoms with Crippen LogP contribution in [0.4, 0.5) is 5.69 Å². The zero-order valence-electron chi connectivity index (χ0n) is 16.0. The third-order valence-electron chi connectivity index (χ3n) is 4.75. The molecule has 8 nitrogen and oxygen atoms in total. The van der Waals surface area contributed by atoms with Crippen LogP contribution in [0.2, 0.25) is 0 Å². The van der Waals surface area contributed by atoms with E-state index in [4.69, 9.17) is 4.74 Å². The van der Waals surface area contributed by atoms with E-state index in [0.717, 1.165) is 6.42 Å². The van der Waals surface area contributed by atoms with Crippen LogP contribution in [0.25, 0.3) is 0 Å². The lowest BCUT2D eigenvalue weighted by Crippen LogP contribution is -2.29. The number of anilines is 1. The molecule has 2 aromatic rings. The van der Waals surface area contributed by atoms with E-state index in [2.05, 4.69) is 9.71 Å². The van der Waals surface area contributed by atoms with E-state index in [1.807, 2.05) is 0 Å². The average Bonchev–Trinajstić information content (AvgIpc) is 3.06. The number of methoxy groups -OCH3 is 1. The number of carbonyl (C=O) groups is 1. The number of rotatable bonds is 6. The number of hydrogen-bond acceptors (Lipinski definition) is 5. The zero-order chi connectivity index (χ0) is 20.5. The van der Waals surface area contributed by atoms with E-state index in [-0.39, 0.29) is 28.7 Å². The Morgan fingerprint density at radius 1 is 1.21 bits per heavy atom. The SMILES string of the molecule is COc1ccc(N2CCCC2=O)cc1S(=O)(=O)NCc1c(C)cc(C)[nH]c1=O. The van der Waals surface area contributed by atoms with Gasteiger partial charge in [-0.1, -0.05) is 0 Å². The molecular weight excluding hydrogens is 382 g/mol. The van der Waals surface area contributed by atoms with Gasteiger partial charge in [-0.25, -0.2) is 13.1 Å². The molecule has 1 aliphatic heterocycles. The molecule has 0 saturated carbocycles. The fraction of sp³-hybridized carbons (Fsp3) is 0.368. The highest BCUT2D eigenvalue weighted by Crippen LogP contribution is 2.31. The Morgan fingerprint density at radius 3 is 2.57 bits per heavy atom. The quantitative estimate of drug-likeness (QED) is 0.759. The lowest BCUT2D eigenvalue weighted by Gasteiger charge is -2.18. The molecule has 0 aliphatic carbocycles. The normalized spacial score (nSPS) is 14.5. The summed E-state index contributed by atoms with van der Waals surface area (Å²) in [5.74, 6) is 0.126. The summed E-state index contributed by atoms with van der Waals surface area (Å²) in [5.41, 5.74) is 1.93. The summed E-state index contributed by atoms with van der Waals surface area (Å²) in [7, 11) is -2.60. The molecule has 9 heteroatoms. The summed E-state index contributed by atoms with van der Waals surface area (Å²) in [4.78, 5) is 28.3. The van der Waals surface area contributed by atoms with Gasteiger partial charge in [0, 0.05) is 36.5 Å². The van der Waals surface area contributed by atoms with Gasteiger partial charge in [0.1, 0.15) is 10.6 Å². The first-order valence-corrected chi connectivity index (χ1v) is 10.4. The zero-order valence-corrected chi connectivity index (χ0v) is 16.9. The van der Waals surface area contributed by atoms with Crippen molar-refractivity contribution in [1.29, 1.82) is 0 Å². The van der Waals surface area contributed by atoms with Gasteiger partial charge >= 0.3 is 0 Å². The van der Waals surface area contributed by atoms with Gasteiger partial charge in [0.05, 0.1) is 7.11 Å². The van der Waals surface area contributed by atoms with E-state index in [1.54, 1.807) is 30.9 Å². The molecule has 2 heterocycles. The summed E-state index contributed by atoms with van der Waals surface area (Å²) >= 11 is 0. The van der Waals surface area contributed by atoms with Gasteiger partial charge in [-0.2, -0.15) is 0 Å². The number of pyridine rings is 1. The Bertz CT molecular complexity index is 1080. The van der Waals surface area contributed by atoms with Crippen molar-refractivity contribution in [1.82, 2.24) is 9.71 Å². The number of aromatic nitrogens is 1. The second-order valence-corrected chi connectivity index (χ2v) is 8.49. The van der Waals surface area contributed by atoms with Gasteiger partial charge in [-0.15, -0.1) is 0 Å². The fourth-order valence-corrected chi connectivity index (χ4v) is 4.49. The van der Waals surface area contributed by atoms with E-state index in [0.29, 0.717) is 35.5 Å². The molecule has 0 radical (unpaired) electrons. The highest BCUT2D eigenvalue weighted by Gasteiger charge is 2.26. The molecule has 1 aliphatic rings. The number of carbonyl (C=O) groups excluding carboxylic acids is 1. The molecule has 2 N–H and O–H groups in total. The van der Waals surface area contributed by atoms with Crippen LogP contribution in [-0.2, 0) is 21.4 Å². The van der Waals surface area contributed by atoms with Gasteiger partial charge in [-0.05, 0) is 50.1 Å². The monoisotopic (exact) mass is 405 g/mol. The van der Waals surface area contributed by atoms with Gasteiger partial charge in [-0.3, -0.25) is 9.59 Å². The van der Waals surface area contributed by atoms with E-state index in [9.17, 15) is 18.0 Å². The molecule has 1 aromatic carbocycles. The van der Waals surface area contributed by atoms with Gasteiger partial charge in [0.15, 0.2) is 0 Å². The molecule has 0 spiro atoms. The summed E-state index contributed by atoms with van der Waals surface area (Å²) in [5, 5.41) is 0. The summed E-state index contributed by atoms with van der Waals surface area (Å²) < 4.78 is 33.5. The van der Waals surface area contributed by atoms with E-state index < -0.39 is 10.0 Å². The van der Waals surface area contributed by atoms with Gasteiger partial charge in [0.25, 0.3) is 5.56 Å². The second-order valence-electron chi connectivity index (χ2n) is 6.75. The molecular formula is C19H23N3O5S. The lowest BCUT2D eigenvalue weighted by molar-refractivity contribution is -0.117. The van der Waals surface area contributed by atoms with Gasteiger partial charge < -0.3 is 14.6 Å². The summed E-state index contributed by atoms with van der Waals surface area (Å²) in [6.07, 6.45) is 1.18. The van der Waals surface area contributed by atoms with Crippen LogP contribution >= 0.6 is 0 Å². The fourth-order valence-electron chi connectivity index (χ4n) is 3.31. The molecule has 28 heavy (non-hydrogen) atoms. The summed E-state index contributed by atoms with van der Waals surface area (Å²) in [6, 6.07) is 6.40. The molecule has 150 valence electrons. The minimum atomic E-state index is -3.98. The van der Waals surface area contributed by atoms with Crippen LogP contribution in [0.5, 0.6) is 5.75 Å². The Labute approximate surface area is 163 Å². The van der Waals surface area contributed by atoms with Crippen LogP contribution in [-0.4, -0.2) is 33.0 Å². The number of amides is 1. The number of benzene rings is 1. The van der Waals surface area contributed by atoms with Crippen LogP contribution in [0.3, 0.4) is 0 Å². The topological polar surface area (TPSA) is 109 Å². The van der Waals surface area contributed by atoms with Crippen molar-refractivity contribution in [3.8, 4) is 5.75 Å². The van der Waals surface area contributed by atoms with Crippen molar-refractivity contribution in [3.05, 3.63) is 51.4 Å². The standard InChI is InChI=1S/C19H23N3O5S/c1-12-9-13(2)21-19(24)15(12)11-20-28(25,26)17-10-14(6-7-16(17)27-3)22-8-4-5-18(22)23/h6-7,9-10,20H,4-5,8,11H2,1-3H3,(H,21,24). The number of aryl methyl sites for hydroxylation is 2. The molecule has 1 amide bonds. The van der Waals surface area contributed by atoms with Crippen molar-refractivity contribution in [2.75, 3.05) is 18.6 Å². The Morgan fingerprint density at radius 2 is 1.96 bits per heavy atom. The number of nitrogens with one attached hydrogen (secondary N) is 2. The highest BCUT2D eigenvalue weighted by atomic mass is 32.2. The minimum Gasteiger partial charge on any atom is -0.495 e. The largest absolute Gasteiger partial charge is 0.495 e. The number of nitrogens with zero attached hydrogens (tertiary/aromatic N) is 1. The van der Waals surface area contributed by atoms with Crippen molar-refractivity contribution < 1.29 is 17.9 Å². The van der Waals surface area contributed by atoms with Crippen LogP contribution < -0.4 is 19.9 Å². The predicted molar refractivity (Wildman–Crippen MR) is 105 cm³/mol. The Kier molecular flexibility index (Phi) is 5.57. The molecule has 3 rings (SSSR count).